The lowest BCUT2D eigenvalue weighted by molar-refractivity contribution is -0.174. The minimum Gasteiger partial charge on any atom is -0.450 e. The lowest BCUT2D eigenvalue weighted by atomic mass is 9.73. The summed E-state index contributed by atoms with van der Waals surface area (Å²) >= 11 is 0. The van der Waals surface area contributed by atoms with Crippen molar-refractivity contribution in [2.24, 2.45) is 5.92 Å². The predicted molar refractivity (Wildman–Crippen MR) is 103 cm³/mol. The van der Waals surface area contributed by atoms with Crippen LogP contribution in [0.2, 0.25) is 0 Å². The zero-order chi connectivity index (χ0) is 25.6. The smallest absolute Gasteiger partial charge is 0.344 e. The van der Waals surface area contributed by atoms with E-state index in [0.29, 0.717) is 23.3 Å². The third-order valence-electron chi connectivity index (χ3n) is 4.68. The molecule has 0 saturated heterocycles. The van der Waals surface area contributed by atoms with Gasteiger partial charge in [-0.1, -0.05) is 75.1 Å². The highest BCUT2D eigenvalue weighted by molar-refractivity contribution is 5.81. The summed E-state index contributed by atoms with van der Waals surface area (Å²) in [6, 6.07) is 8.52. The Hall–Kier alpha value is -1.83. The average Bonchev–Trinajstić information content (AvgIpc) is 2.75. The second-order valence-corrected chi connectivity index (χ2v) is 6.31. The standard InChI is InChI=1S/C22H31NO3/c1-3-23(4-2)17-11-12-18-26-21(24)22(25,19-13-7-5-8-14-19)20-15-9-6-10-16-20/h5,7-8,13-14,20,25H,3-4,6,9-10,15-18H2,1-2H3/i1D3,2D3,17D2. The van der Waals surface area contributed by atoms with Crippen LogP contribution in [0, 0.1) is 17.8 Å². The number of benzene rings is 1. The zero-order valence-corrected chi connectivity index (χ0v) is 14.8. The van der Waals surface area contributed by atoms with Crippen molar-refractivity contribution < 1.29 is 25.6 Å². The molecule has 0 bridgehead atoms. The molecule has 1 aromatic carbocycles. The molecule has 1 atom stereocenters. The largest absolute Gasteiger partial charge is 0.450 e. The SMILES string of the molecule is [2H]C([2H])([2H])CN(CC([2H])([2H])[2H])C([2H])([2H])C#CCOC(=O)C(O)(c1ccccc1)C1CCCCC1. The number of carbonyl (C=O) groups excluding carboxylic acids is 1. The number of esters is 1. The molecule has 2 rings (SSSR count). The summed E-state index contributed by atoms with van der Waals surface area (Å²) < 4.78 is 65.6. The number of hydrogen-bond acceptors (Lipinski definition) is 4. The van der Waals surface area contributed by atoms with Crippen LogP contribution in [0.25, 0.3) is 0 Å². The molecule has 1 aliphatic carbocycles. The van der Waals surface area contributed by atoms with E-state index in [-0.39, 0.29) is 5.92 Å². The van der Waals surface area contributed by atoms with Crippen molar-refractivity contribution in [3.05, 3.63) is 35.9 Å². The van der Waals surface area contributed by atoms with Gasteiger partial charge in [0.1, 0.15) is 0 Å². The second-order valence-electron chi connectivity index (χ2n) is 6.31. The van der Waals surface area contributed by atoms with Crippen LogP contribution < -0.4 is 0 Å². The van der Waals surface area contributed by atoms with E-state index in [1.165, 1.54) is 0 Å². The Morgan fingerprint density at radius 3 is 2.62 bits per heavy atom. The number of nitrogens with zero attached hydrogens (tertiary/aromatic N) is 1. The third-order valence-corrected chi connectivity index (χ3v) is 4.68. The molecule has 0 spiro atoms. The van der Waals surface area contributed by atoms with E-state index in [1.807, 2.05) is 0 Å². The normalized spacial score (nSPS) is 23.3. The highest BCUT2D eigenvalue weighted by Crippen LogP contribution is 2.40. The molecule has 1 saturated carbocycles. The van der Waals surface area contributed by atoms with Crippen LogP contribution in [-0.2, 0) is 15.1 Å². The first kappa shape index (κ1) is 11.8. The molecule has 0 heterocycles. The fourth-order valence-corrected chi connectivity index (χ4v) is 3.23. The summed E-state index contributed by atoms with van der Waals surface area (Å²) in [5.41, 5.74) is -1.45. The predicted octanol–water partition coefficient (Wildman–Crippen LogP) is 3.34. The van der Waals surface area contributed by atoms with Crippen LogP contribution in [0.1, 0.15) is 62.3 Å². The molecular formula is C22H31NO3. The van der Waals surface area contributed by atoms with E-state index in [4.69, 9.17) is 15.7 Å². The van der Waals surface area contributed by atoms with Gasteiger partial charge >= 0.3 is 5.97 Å². The van der Waals surface area contributed by atoms with Gasteiger partial charge < -0.3 is 9.84 Å². The Kier molecular flexibility index (Phi) is 4.69. The van der Waals surface area contributed by atoms with Crippen LogP contribution in [0.5, 0.6) is 0 Å². The number of carbonyl (C=O) groups is 1. The lowest BCUT2D eigenvalue weighted by Gasteiger charge is -2.36. The first-order chi connectivity index (χ1) is 15.7. The molecule has 0 radical (unpaired) electrons. The highest BCUT2D eigenvalue weighted by atomic mass is 16.5. The summed E-state index contributed by atoms with van der Waals surface area (Å²) in [5.74, 6) is 3.31. The Morgan fingerprint density at radius 1 is 1.27 bits per heavy atom. The fraction of sp³-hybridized carbons (Fsp3) is 0.591. The molecule has 1 N–H and O–H groups in total. The maximum absolute atomic E-state index is 13.0. The Balaban J connectivity index is 2.16. The van der Waals surface area contributed by atoms with Gasteiger partial charge in [0.05, 0.1) is 9.24 Å². The van der Waals surface area contributed by atoms with Crippen molar-refractivity contribution in [1.29, 1.82) is 0 Å². The molecule has 26 heavy (non-hydrogen) atoms. The Bertz CT molecular complexity index is 854. The van der Waals surface area contributed by atoms with Gasteiger partial charge in [-0.2, -0.15) is 0 Å². The topological polar surface area (TPSA) is 49.8 Å². The Morgan fingerprint density at radius 2 is 1.96 bits per heavy atom. The van der Waals surface area contributed by atoms with Gasteiger partial charge in [0.25, 0.3) is 0 Å². The molecule has 1 aromatic rings. The van der Waals surface area contributed by atoms with E-state index in [0.717, 1.165) is 19.3 Å². The first-order valence-corrected chi connectivity index (χ1v) is 8.85. The van der Waals surface area contributed by atoms with Crippen LogP contribution >= 0.6 is 0 Å². The van der Waals surface area contributed by atoms with Crippen molar-refractivity contribution in [2.45, 2.75) is 51.4 Å². The van der Waals surface area contributed by atoms with Crippen LogP contribution in [-0.4, -0.2) is 42.2 Å². The van der Waals surface area contributed by atoms with E-state index < -0.39 is 51.5 Å². The molecule has 0 aliphatic heterocycles. The van der Waals surface area contributed by atoms with E-state index in [1.54, 1.807) is 30.3 Å². The third kappa shape index (κ3) is 5.09. The van der Waals surface area contributed by atoms with Gasteiger partial charge in [-0.25, -0.2) is 4.79 Å². The number of hydrogen-bond donors (Lipinski definition) is 1. The molecule has 142 valence electrons. The average molecular weight is 366 g/mol. The van der Waals surface area contributed by atoms with Crippen molar-refractivity contribution >= 4 is 5.97 Å². The molecular weight excluding hydrogens is 326 g/mol. The van der Waals surface area contributed by atoms with Crippen molar-refractivity contribution in [2.75, 3.05) is 26.2 Å². The second kappa shape index (κ2) is 10.4. The number of aliphatic hydroxyl groups is 1. The molecule has 4 nitrogen and oxygen atoms in total. The summed E-state index contributed by atoms with van der Waals surface area (Å²) in [6.07, 6.45) is 4.12. The molecule has 0 aromatic heterocycles. The Labute approximate surface area is 168 Å². The van der Waals surface area contributed by atoms with Gasteiger partial charge in [-0.3, -0.25) is 4.90 Å². The zero-order valence-electron chi connectivity index (χ0n) is 22.8. The molecule has 1 unspecified atom stereocenters. The van der Waals surface area contributed by atoms with Crippen LogP contribution in [0.3, 0.4) is 0 Å². The van der Waals surface area contributed by atoms with Crippen LogP contribution in [0.4, 0.5) is 0 Å². The molecule has 4 heteroatoms. The quantitative estimate of drug-likeness (QED) is 0.595. The van der Waals surface area contributed by atoms with Gasteiger partial charge in [0.15, 0.2) is 12.2 Å². The summed E-state index contributed by atoms with van der Waals surface area (Å²) in [6.45, 7) is -9.97. The van der Waals surface area contributed by atoms with E-state index >= 15 is 0 Å². The van der Waals surface area contributed by atoms with Gasteiger partial charge in [-0.15, -0.1) is 0 Å². The molecule has 0 amide bonds. The van der Waals surface area contributed by atoms with Gasteiger partial charge in [0.2, 0.25) is 0 Å². The van der Waals surface area contributed by atoms with E-state index in [2.05, 4.69) is 11.8 Å². The monoisotopic (exact) mass is 365 g/mol. The summed E-state index contributed by atoms with van der Waals surface area (Å²) in [4.78, 5) is 13.6. The van der Waals surface area contributed by atoms with Crippen molar-refractivity contribution in [3.8, 4) is 11.8 Å². The number of ether oxygens (including phenoxy) is 1. The molecule has 1 aliphatic rings. The lowest BCUT2D eigenvalue weighted by Crippen LogP contribution is -2.45. The fourth-order valence-electron chi connectivity index (χ4n) is 3.23. The first-order valence-electron chi connectivity index (χ1n) is 12.9. The van der Waals surface area contributed by atoms with Crippen molar-refractivity contribution in [3.63, 3.8) is 0 Å². The maximum atomic E-state index is 13.0. The van der Waals surface area contributed by atoms with E-state index in [9.17, 15) is 9.90 Å². The maximum Gasteiger partial charge on any atom is 0.344 e. The summed E-state index contributed by atoms with van der Waals surface area (Å²) in [7, 11) is 0. The minimum atomic E-state index is -2.60. The van der Waals surface area contributed by atoms with Gasteiger partial charge in [-0.05, 0) is 31.5 Å². The summed E-state index contributed by atoms with van der Waals surface area (Å²) in [5, 5.41) is 11.4. The highest BCUT2D eigenvalue weighted by Gasteiger charge is 2.46. The van der Waals surface area contributed by atoms with Gasteiger partial charge in [0, 0.05) is 14.1 Å². The number of rotatable bonds is 7. The van der Waals surface area contributed by atoms with Crippen molar-refractivity contribution in [1.82, 2.24) is 4.90 Å². The molecule has 1 fully saturated rings. The van der Waals surface area contributed by atoms with Crippen LogP contribution in [0.15, 0.2) is 30.3 Å². The minimum absolute atomic E-state index is 0.329.